The SMILES string of the molecule is Cn1ccc(COc2c(Br)cc(C=O)cc2Br)n1. The van der Waals surface area contributed by atoms with Crippen molar-refractivity contribution in [1.29, 1.82) is 0 Å². The van der Waals surface area contributed by atoms with Gasteiger partial charge < -0.3 is 4.74 Å². The molecular formula is C12H10Br2N2O2. The lowest BCUT2D eigenvalue weighted by Gasteiger charge is -2.09. The van der Waals surface area contributed by atoms with Gasteiger partial charge in [0.2, 0.25) is 0 Å². The first-order valence-corrected chi connectivity index (χ1v) is 6.74. The molecule has 2 rings (SSSR count). The summed E-state index contributed by atoms with van der Waals surface area (Å²) in [5.41, 5.74) is 1.43. The number of aryl methyl sites for hydroxylation is 1. The van der Waals surface area contributed by atoms with Crippen molar-refractivity contribution in [3.05, 3.63) is 44.6 Å². The Labute approximate surface area is 121 Å². The molecular weight excluding hydrogens is 364 g/mol. The Morgan fingerprint density at radius 2 is 2.06 bits per heavy atom. The molecule has 6 heteroatoms. The average Bonchev–Trinajstić information content (AvgIpc) is 2.73. The van der Waals surface area contributed by atoms with Gasteiger partial charge in [0.05, 0.1) is 14.6 Å². The van der Waals surface area contributed by atoms with E-state index < -0.39 is 0 Å². The molecule has 0 aliphatic heterocycles. The van der Waals surface area contributed by atoms with Crippen LogP contribution in [-0.2, 0) is 13.7 Å². The van der Waals surface area contributed by atoms with Crippen LogP contribution in [0.2, 0.25) is 0 Å². The smallest absolute Gasteiger partial charge is 0.150 e. The molecule has 0 saturated carbocycles. The van der Waals surface area contributed by atoms with Gasteiger partial charge in [-0.3, -0.25) is 9.48 Å². The first kappa shape index (κ1) is 13.3. The maximum Gasteiger partial charge on any atom is 0.150 e. The zero-order valence-corrected chi connectivity index (χ0v) is 12.7. The highest BCUT2D eigenvalue weighted by Gasteiger charge is 2.09. The molecule has 1 aromatic carbocycles. The average molecular weight is 374 g/mol. The fourth-order valence-corrected chi connectivity index (χ4v) is 2.92. The lowest BCUT2D eigenvalue weighted by atomic mass is 10.2. The quantitative estimate of drug-likeness (QED) is 0.772. The van der Waals surface area contributed by atoms with Crippen molar-refractivity contribution >= 4 is 38.1 Å². The zero-order valence-electron chi connectivity index (χ0n) is 9.56. The van der Waals surface area contributed by atoms with Gasteiger partial charge in [-0.25, -0.2) is 0 Å². The molecule has 18 heavy (non-hydrogen) atoms. The number of aromatic nitrogens is 2. The molecule has 0 fully saturated rings. The van der Waals surface area contributed by atoms with Crippen molar-refractivity contribution in [2.24, 2.45) is 7.05 Å². The van der Waals surface area contributed by atoms with E-state index in [9.17, 15) is 4.79 Å². The number of benzene rings is 1. The van der Waals surface area contributed by atoms with Crippen molar-refractivity contribution in [2.75, 3.05) is 0 Å². The molecule has 0 bridgehead atoms. The minimum absolute atomic E-state index is 0.373. The Morgan fingerprint density at radius 1 is 1.39 bits per heavy atom. The topological polar surface area (TPSA) is 44.1 Å². The highest BCUT2D eigenvalue weighted by atomic mass is 79.9. The Balaban J connectivity index is 2.16. The second-order valence-electron chi connectivity index (χ2n) is 3.70. The maximum atomic E-state index is 10.7. The predicted molar refractivity (Wildman–Crippen MR) is 74.8 cm³/mol. The van der Waals surface area contributed by atoms with Crippen molar-refractivity contribution in [1.82, 2.24) is 9.78 Å². The summed E-state index contributed by atoms with van der Waals surface area (Å²) in [6.07, 6.45) is 2.65. The van der Waals surface area contributed by atoms with Gasteiger partial charge in [0.15, 0.2) is 0 Å². The van der Waals surface area contributed by atoms with E-state index in [1.807, 2.05) is 19.3 Å². The molecule has 0 unspecified atom stereocenters. The molecule has 0 aliphatic rings. The highest BCUT2D eigenvalue weighted by Crippen LogP contribution is 2.34. The van der Waals surface area contributed by atoms with Crippen LogP contribution in [0.4, 0.5) is 0 Å². The van der Waals surface area contributed by atoms with Crippen LogP contribution in [0.1, 0.15) is 16.1 Å². The van der Waals surface area contributed by atoms with E-state index in [1.54, 1.807) is 16.8 Å². The molecule has 94 valence electrons. The number of hydrogen-bond acceptors (Lipinski definition) is 3. The van der Waals surface area contributed by atoms with E-state index in [-0.39, 0.29) is 0 Å². The van der Waals surface area contributed by atoms with Crippen LogP contribution >= 0.6 is 31.9 Å². The van der Waals surface area contributed by atoms with Gasteiger partial charge in [0.1, 0.15) is 18.6 Å². The molecule has 0 amide bonds. The molecule has 4 nitrogen and oxygen atoms in total. The minimum atomic E-state index is 0.373. The molecule has 2 aromatic rings. The van der Waals surface area contributed by atoms with Crippen molar-refractivity contribution in [3.8, 4) is 5.75 Å². The van der Waals surface area contributed by atoms with Crippen LogP contribution in [0, 0.1) is 0 Å². The minimum Gasteiger partial charge on any atom is -0.485 e. The molecule has 0 N–H and O–H groups in total. The number of ether oxygens (including phenoxy) is 1. The van der Waals surface area contributed by atoms with Crippen LogP contribution in [0.3, 0.4) is 0 Å². The number of carbonyl (C=O) groups is 1. The van der Waals surface area contributed by atoms with Crippen molar-refractivity contribution in [2.45, 2.75) is 6.61 Å². The van der Waals surface area contributed by atoms with Gasteiger partial charge in [0, 0.05) is 18.8 Å². The van der Waals surface area contributed by atoms with E-state index in [1.165, 1.54) is 0 Å². The summed E-state index contributed by atoms with van der Waals surface area (Å²) in [5, 5.41) is 4.22. The highest BCUT2D eigenvalue weighted by molar-refractivity contribution is 9.11. The third-order valence-electron chi connectivity index (χ3n) is 2.29. The third kappa shape index (κ3) is 3.00. The van der Waals surface area contributed by atoms with Gasteiger partial charge in [-0.15, -0.1) is 0 Å². The largest absolute Gasteiger partial charge is 0.485 e. The Morgan fingerprint density at radius 3 is 2.56 bits per heavy atom. The van der Waals surface area contributed by atoms with Crippen LogP contribution in [-0.4, -0.2) is 16.1 Å². The summed E-state index contributed by atoms with van der Waals surface area (Å²) in [6, 6.07) is 5.32. The van der Waals surface area contributed by atoms with Crippen LogP contribution < -0.4 is 4.74 Å². The Kier molecular flexibility index (Phi) is 4.19. The second-order valence-corrected chi connectivity index (χ2v) is 5.41. The van der Waals surface area contributed by atoms with Gasteiger partial charge >= 0.3 is 0 Å². The summed E-state index contributed by atoms with van der Waals surface area (Å²) in [6.45, 7) is 0.373. The molecule has 0 radical (unpaired) electrons. The summed E-state index contributed by atoms with van der Waals surface area (Å²) >= 11 is 6.76. The molecule has 0 atom stereocenters. The normalized spacial score (nSPS) is 10.4. The van der Waals surface area contributed by atoms with Crippen molar-refractivity contribution in [3.63, 3.8) is 0 Å². The number of hydrogen-bond donors (Lipinski definition) is 0. The summed E-state index contributed by atoms with van der Waals surface area (Å²) in [4.78, 5) is 10.7. The molecule has 1 aromatic heterocycles. The summed E-state index contributed by atoms with van der Waals surface area (Å²) in [5.74, 6) is 0.659. The maximum absolute atomic E-state index is 10.7. The van der Waals surface area contributed by atoms with Crippen LogP contribution in [0.5, 0.6) is 5.75 Å². The van der Waals surface area contributed by atoms with E-state index in [2.05, 4.69) is 37.0 Å². The zero-order chi connectivity index (χ0) is 13.1. The summed E-state index contributed by atoms with van der Waals surface area (Å²) in [7, 11) is 1.86. The van der Waals surface area contributed by atoms with E-state index in [4.69, 9.17) is 4.74 Å². The first-order chi connectivity index (χ1) is 8.60. The fraction of sp³-hybridized carbons (Fsp3) is 0.167. The standard InChI is InChI=1S/C12H10Br2N2O2/c1-16-3-2-9(15-16)7-18-12-10(13)4-8(6-17)5-11(12)14/h2-6H,7H2,1H3. The van der Waals surface area contributed by atoms with Gasteiger partial charge in [-0.2, -0.15) is 5.10 Å². The van der Waals surface area contributed by atoms with E-state index in [0.29, 0.717) is 17.9 Å². The predicted octanol–water partition coefficient (Wildman–Crippen LogP) is 3.34. The van der Waals surface area contributed by atoms with Crippen LogP contribution in [0.15, 0.2) is 33.3 Å². The number of halogens is 2. The molecule has 0 saturated heterocycles. The summed E-state index contributed by atoms with van der Waals surface area (Å²) < 4.78 is 8.86. The van der Waals surface area contributed by atoms with Gasteiger partial charge in [-0.1, -0.05) is 0 Å². The lowest BCUT2D eigenvalue weighted by Crippen LogP contribution is -1.99. The Hall–Kier alpha value is -1.14. The van der Waals surface area contributed by atoms with Crippen molar-refractivity contribution < 1.29 is 9.53 Å². The van der Waals surface area contributed by atoms with Gasteiger partial charge in [-0.05, 0) is 50.1 Å². The molecule has 0 spiro atoms. The second kappa shape index (κ2) is 5.67. The number of nitrogens with zero attached hydrogens (tertiary/aromatic N) is 2. The lowest BCUT2D eigenvalue weighted by molar-refractivity contribution is 0.112. The first-order valence-electron chi connectivity index (χ1n) is 5.15. The van der Waals surface area contributed by atoms with E-state index in [0.717, 1.165) is 20.9 Å². The number of rotatable bonds is 4. The van der Waals surface area contributed by atoms with E-state index >= 15 is 0 Å². The Bertz CT molecular complexity index is 558. The third-order valence-corrected chi connectivity index (χ3v) is 3.47. The van der Waals surface area contributed by atoms with Gasteiger partial charge in [0.25, 0.3) is 0 Å². The molecule has 1 heterocycles. The fourth-order valence-electron chi connectivity index (χ4n) is 1.47. The number of carbonyl (C=O) groups excluding carboxylic acids is 1. The molecule has 0 aliphatic carbocycles. The number of aldehydes is 1. The monoisotopic (exact) mass is 372 g/mol. The van der Waals surface area contributed by atoms with Crippen LogP contribution in [0.25, 0.3) is 0 Å².